The predicted octanol–water partition coefficient (Wildman–Crippen LogP) is 3.97. The van der Waals surface area contributed by atoms with Crippen LogP contribution in [-0.2, 0) is 0 Å². The van der Waals surface area contributed by atoms with Gasteiger partial charge in [0.1, 0.15) is 12.2 Å². The zero-order chi connectivity index (χ0) is 22.0. The van der Waals surface area contributed by atoms with E-state index in [2.05, 4.69) is 15.6 Å². The number of alkyl halides is 3. The van der Waals surface area contributed by atoms with Crippen LogP contribution in [0, 0.1) is 0 Å². The Bertz CT molecular complexity index is 1120. The minimum Gasteiger partial charge on any atom is -0.349 e. The normalized spacial score (nSPS) is 14.2. The summed E-state index contributed by atoms with van der Waals surface area (Å²) in [5.41, 5.74) is 2.85. The number of nitrogens with one attached hydrogen (secondary N) is 3. The monoisotopic (exact) mass is 431 g/mol. The van der Waals surface area contributed by atoms with Gasteiger partial charge in [0, 0.05) is 29.1 Å². The van der Waals surface area contributed by atoms with Gasteiger partial charge in [0.15, 0.2) is 0 Å². The van der Waals surface area contributed by atoms with E-state index >= 15 is 0 Å². The topological polar surface area (TPSA) is 87.5 Å². The maximum absolute atomic E-state index is 12.4. The van der Waals surface area contributed by atoms with Crippen LogP contribution in [0.5, 0.6) is 0 Å². The lowest BCUT2D eigenvalue weighted by Crippen LogP contribution is -2.39. The van der Waals surface area contributed by atoms with Gasteiger partial charge in [-0.05, 0) is 43.5 Å². The number of aromatic nitrogens is 2. The van der Waals surface area contributed by atoms with Crippen molar-refractivity contribution in [1.82, 2.24) is 20.0 Å². The molecule has 0 unspecified atom stereocenters. The number of halogens is 3. The molecule has 162 valence electrons. The van der Waals surface area contributed by atoms with E-state index in [1.54, 1.807) is 58.5 Å². The molecule has 4 rings (SSSR count). The Kier molecular flexibility index (Phi) is 5.53. The van der Waals surface area contributed by atoms with Crippen LogP contribution in [0.4, 0.5) is 23.7 Å². The first-order valence-electron chi connectivity index (χ1n) is 9.78. The summed E-state index contributed by atoms with van der Waals surface area (Å²) in [4.78, 5) is 28.4. The molecule has 3 N–H and O–H groups in total. The molecule has 31 heavy (non-hydrogen) atoms. The van der Waals surface area contributed by atoms with Crippen molar-refractivity contribution in [2.45, 2.75) is 31.5 Å². The standard InChI is InChI=1S/C21H20F3N5O2/c22-21(23,24)12-26-20(31)28-16-6-1-3-13(9-16)17-11-25-18-10-14(7-8-29(17)18)19(30)27-15-4-2-5-15/h1,3,6-11,15H,2,4-5,12H2,(H,27,30)(H2,26,28,31). The quantitative estimate of drug-likeness (QED) is 0.571. The number of hydrogen-bond donors (Lipinski definition) is 3. The van der Waals surface area contributed by atoms with E-state index in [0.29, 0.717) is 28.2 Å². The van der Waals surface area contributed by atoms with E-state index in [1.807, 2.05) is 0 Å². The van der Waals surface area contributed by atoms with Gasteiger partial charge in [-0.15, -0.1) is 0 Å². The van der Waals surface area contributed by atoms with E-state index in [0.717, 1.165) is 19.3 Å². The Labute approximate surface area is 175 Å². The molecule has 0 saturated heterocycles. The number of hydrogen-bond acceptors (Lipinski definition) is 3. The number of carbonyl (C=O) groups excluding carboxylic acids is 2. The van der Waals surface area contributed by atoms with Crippen molar-refractivity contribution in [3.05, 3.63) is 54.4 Å². The highest BCUT2D eigenvalue weighted by Crippen LogP contribution is 2.25. The second kappa shape index (κ2) is 8.29. The smallest absolute Gasteiger partial charge is 0.349 e. The Morgan fingerprint density at radius 3 is 2.68 bits per heavy atom. The summed E-state index contributed by atoms with van der Waals surface area (Å²) in [6.07, 6.45) is 2.02. The first kappa shape index (κ1) is 20.7. The molecule has 3 amide bonds. The Morgan fingerprint density at radius 2 is 1.97 bits per heavy atom. The minimum absolute atomic E-state index is 0.132. The summed E-state index contributed by atoms with van der Waals surface area (Å²) >= 11 is 0. The summed E-state index contributed by atoms with van der Waals surface area (Å²) in [6.45, 7) is -1.41. The summed E-state index contributed by atoms with van der Waals surface area (Å²) in [5.74, 6) is -0.132. The molecule has 10 heteroatoms. The van der Waals surface area contributed by atoms with E-state index in [4.69, 9.17) is 0 Å². The van der Waals surface area contributed by atoms with Crippen LogP contribution in [0.15, 0.2) is 48.8 Å². The van der Waals surface area contributed by atoms with Crippen LogP contribution in [0.2, 0.25) is 0 Å². The summed E-state index contributed by atoms with van der Waals surface area (Å²) < 4.78 is 38.5. The zero-order valence-electron chi connectivity index (χ0n) is 16.4. The highest BCUT2D eigenvalue weighted by molar-refractivity contribution is 5.95. The molecular formula is C21H20F3N5O2. The SMILES string of the molecule is O=C(NCC(F)(F)F)Nc1cccc(-c2cnc3cc(C(=O)NC4CCC4)ccn23)c1. The van der Waals surface area contributed by atoms with Crippen molar-refractivity contribution < 1.29 is 22.8 Å². The molecule has 2 heterocycles. The fourth-order valence-corrected chi connectivity index (χ4v) is 3.27. The third kappa shape index (κ3) is 4.96. The first-order valence-corrected chi connectivity index (χ1v) is 9.78. The van der Waals surface area contributed by atoms with Crippen molar-refractivity contribution in [2.75, 3.05) is 11.9 Å². The van der Waals surface area contributed by atoms with Crippen molar-refractivity contribution >= 4 is 23.3 Å². The van der Waals surface area contributed by atoms with Gasteiger partial charge in [0.25, 0.3) is 5.91 Å². The molecule has 7 nitrogen and oxygen atoms in total. The average Bonchev–Trinajstić information content (AvgIpc) is 3.12. The molecule has 2 aromatic heterocycles. The lowest BCUT2D eigenvalue weighted by atomic mass is 9.93. The van der Waals surface area contributed by atoms with Gasteiger partial charge >= 0.3 is 12.2 Å². The largest absolute Gasteiger partial charge is 0.405 e. The fraction of sp³-hybridized carbons (Fsp3) is 0.286. The van der Waals surface area contributed by atoms with Gasteiger partial charge in [-0.2, -0.15) is 13.2 Å². The Hall–Kier alpha value is -3.56. The molecule has 0 radical (unpaired) electrons. The van der Waals surface area contributed by atoms with Crippen LogP contribution in [-0.4, -0.2) is 40.1 Å². The number of fused-ring (bicyclic) bond motifs is 1. The number of urea groups is 1. The second-order valence-electron chi connectivity index (χ2n) is 7.39. The van der Waals surface area contributed by atoms with Crippen molar-refractivity contribution in [3.63, 3.8) is 0 Å². The number of amides is 3. The lowest BCUT2D eigenvalue weighted by molar-refractivity contribution is -0.122. The summed E-state index contributed by atoms with van der Waals surface area (Å²) in [6, 6.07) is 9.37. The Balaban J connectivity index is 1.50. The number of anilines is 1. The number of imidazole rings is 1. The average molecular weight is 431 g/mol. The summed E-state index contributed by atoms with van der Waals surface area (Å²) in [7, 11) is 0. The number of rotatable bonds is 5. The first-order chi connectivity index (χ1) is 14.8. The van der Waals surface area contributed by atoms with Crippen LogP contribution in [0.3, 0.4) is 0 Å². The highest BCUT2D eigenvalue weighted by Gasteiger charge is 2.27. The Morgan fingerprint density at radius 1 is 1.16 bits per heavy atom. The molecule has 0 atom stereocenters. The highest BCUT2D eigenvalue weighted by atomic mass is 19.4. The van der Waals surface area contributed by atoms with Gasteiger partial charge in [-0.3, -0.25) is 9.20 Å². The van der Waals surface area contributed by atoms with Gasteiger partial charge in [-0.1, -0.05) is 12.1 Å². The number of nitrogens with zero attached hydrogens (tertiary/aromatic N) is 2. The molecule has 0 bridgehead atoms. The van der Waals surface area contributed by atoms with Gasteiger partial charge in [-0.25, -0.2) is 9.78 Å². The van der Waals surface area contributed by atoms with Crippen molar-refractivity contribution in [1.29, 1.82) is 0 Å². The third-order valence-corrected chi connectivity index (χ3v) is 5.08. The third-order valence-electron chi connectivity index (χ3n) is 5.08. The van der Waals surface area contributed by atoms with Crippen LogP contribution in [0.25, 0.3) is 16.9 Å². The van der Waals surface area contributed by atoms with Crippen molar-refractivity contribution in [3.8, 4) is 11.3 Å². The maximum atomic E-state index is 12.4. The molecule has 1 aliphatic rings. The predicted molar refractivity (Wildman–Crippen MR) is 109 cm³/mol. The number of carbonyl (C=O) groups is 2. The van der Waals surface area contributed by atoms with Gasteiger partial charge in [0.05, 0.1) is 11.9 Å². The summed E-state index contributed by atoms with van der Waals surface area (Å²) in [5, 5.41) is 7.14. The van der Waals surface area contributed by atoms with Crippen LogP contribution < -0.4 is 16.0 Å². The van der Waals surface area contributed by atoms with Gasteiger partial charge in [0.2, 0.25) is 0 Å². The lowest BCUT2D eigenvalue weighted by Gasteiger charge is -2.26. The van der Waals surface area contributed by atoms with E-state index in [1.165, 1.54) is 0 Å². The fourth-order valence-electron chi connectivity index (χ4n) is 3.27. The number of benzene rings is 1. The molecule has 1 fully saturated rings. The molecule has 1 aliphatic carbocycles. The number of pyridine rings is 1. The van der Waals surface area contributed by atoms with Crippen molar-refractivity contribution in [2.24, 2.45) is 0 Å². The van der Waals surface area contributed by atoms with E-state index in [9.17, 15) is 22.8 Å². The molecule has 1 saturated carbocycles. The van der Waals surface area contributed by atoms with E-state index < -0.39 is 18.8 Å². The second-order valence-corrected chi connectivity index (χ2v) is 7.39. The zero-order valence-corrected chi connectivity index (χ0v) is 16.4. The van der Waals surface area contributed by atoms with Crippen LogP contribution >= 0.6 is 0 Å². The molecular weight excluding hydrogens is 411 g/mol. The van der Waals surface area contributed by atoms with Gasteiger partial charge < -0.3 is 16.0 Å². The maximum Gasteiger partial charge on any atom is 0.405 e. The van der Waals surface area contributed by atoms with E-state index in [-0.39, 0.29) is 11.9 Å². The molecule has 0 aliphatic heterocycles. The van der Waals surface area contributed by atoms with Crippen LogP contribution in [0.1, 0.15) is 29.6 Å². The molecule has 0 spiro atoms. The molecule has 1 aromatic carbocycles. The molecule has 3 aromatic rings. The minimum atomic E-state index is -4.48.